The summed E-state index contributed by atoms with van der Waals surface area (Å²) < 4.78 is 5.42. The lowest BCUT2D eigenvalue weighted by molar-refractivity contribution is 0.0226. The third-order valence-electron chi connectivity index (χ3n) is 3.12. The van der Waals surface area contributed by atoms with Crippen LogP contribution >= 0.6 is 0 Å². The third kappa shape index (κ3) is 6.25. The third-order valence-corrected chi connectivity index (χ3v) is 3.12. The van der Waals surface area contributed by atoms with E-state index in [0.29, 0.717) is 0 Å². The quantitative estimate of drug-likeness (QED) is 0.749. The number of nitrogens with one attached hydrogen (secondary N) is 1. The van der Waals surface area contributed by atoms with Gasteiger partial charge in [0.1, 0.15) is 5.60 Å². The number of hydrogen-bond donors (Lipinski definition) is 2. The highest BCUT2D eigenvalue weighted by atomic mass is 16.6. The molecule has 0 aromatic heterocycles. The minimum atomic E-state index is -0.441. The van der Waals surface area contributed by atoms with Crippen LogP contribution < -0.4 is 5.32 Å². The molecule has 1 aliphatic heterocycles. The Morgan fingerprint density at radius 1 is 1.53 bits per heavy atom. The fourth-order valence-corrected chi connectivity index (χ4v) is 2.19. The molecule has 1 fully saturated rings. The Hall–Kier alpha value is -0.810. The summed E-state index contributed by atoms with van der Waals surface area (Å²) in [4.78, 5) is 13.9. The molecule has 0 bridgehead atoms. The van der Waals surface area contributed by atoms with Crippen molar-refractivity contribution in [2.75, 3.05) is 19.6 Å². The van der Waals surface area contributed by atoms with Crippen LogP contribution in [0.4, 0.5) is 4.79 Å². The summed E-state index contributed by atoms with van der Waals surface area (Å²) in [5.41, 5.74) is -0.441. The zero-order valence-electron chi connectivity index (χ0n) is 12.6. The van der Waals surface area contributed by atoms with Crippen molar-refractivity contribution in [1.82, 2.24) is 10.2 Å². The van der Waals surface area contributed by atoms with E-state index in [0.717, 1.165) is 38.9 Å². The van der Waals surface area contributed by atoms with Gasteiger partial charge in [0, 0.05) is 19.1 Å². The number of amides is 1. The molecule has 2 atom stereocenters. The van der Waals surface area contributed by atoms with Gasteiger partial charge in [0.25, 0.3) is 0 Å². The van der Waals surface area contributed by atoms with E-state index < -0.39 is 5.60 Å². The molecule has 1 rings (SSSR count). The Morgan fingerprint density at radius 3 is 2.79 bits per heavy atom. The maximum atomic E-state index is 12.0. The molecule has 0 aliphatic carbocycles. The van der Waals surface area contributed by atoms with Gasteiger partial charge in [-0.3, -0.25) is 0 Å². The van der Waals surface area contributed by atoms with Gasteiger partial charge in [0.05, 0.1) is 6.10 Å². The van der Waals surface area contributed by atoms with Gasteiger partial charge in [0.2, 0.25) is 0 Å². The summed E-state index contributed by atoms with van der Waals surface area (Å²) in [6, 6.07) is 0.212. The molecule has 2 N–H and O–H groups in total. The van der Waals surface area contributed by atoms with Crippen molar-refractivity contribution in [2.24, 2.45) is 0 Å². The lowest BCUT2D eigenvalue weighted by Crippen LogP contribution is -2.44. The molecule has 0 spiro atoms. The monoisotopic (exact) mass is 272 g/mol. The Labute approximate surface area is 116 Å². The Kier molecular flexibility index (Phi) is 6.07. The molecule has 5 nitrogen and oxygen atoms in total. The zero-order chi connectivity index (χ0) is 14.5. The van der Waals surface area contributed by atoms with Crippen LogP contribution in [0.3, 0.4) is 0 Å². The normalized spacial score (nSPS) is 21.5. The first kappa shape index (κ1) is 16.2. The van der Waals surface area contributed by atoms with Crippen LogP contribution in [-0.4, -0.2) is 53.5 Å². The summed E-state index contributed by atoms with van der Waals surface area (Å²) >= 11 is 0. The van der Waals surface area contributed by atoms with E-state index in [1.807, 2.05) is 25.7 Å². The lowest BCUT2D eigenvalue weighted by atomic mass is 10.2. The maximum Gasteiger partial charge on any atom is 0.410 e. The van der Waals surface area contributed by atoms with Crippen LogP contribution in [-0.2, 0) is 4.74 Å². The molecule has 19 heavy (non-hydrogen) atoms. The predicted octanol–water partition coefficient (Wildman–Crippen LogP) is 1.75. The summed E-state index contributed by atoms with van der Waals surface area (Å²) in [5.74, 6) is 0. The van der Waals surface area contributed by atoms with Crippen LogP contribution in [0.1, 0.15) is 47.0 Å². The molecule has 0 aromatic rings. The van der Waals surface area contributed by atoms with Gasteiger partial charge in [-0.2, -0.15) is 0 Å². The fourth-order valence-electron chi connectivity index (χ4n) is 2.19. The van der Waals surface area contributed by atoms with E-state index in [1.165, 1.54) is 0 Å². The zero-order valence-corrected chi connectivity index (χ0v) is 12.6. The van der Waals surface area contributed by atoms with E-state index in [9.17, 15) is 9.90 Å². The first-order valence-corrected chi connectivity index (χ1v) is 7.18. The molecule has 112 valence electrons. The fraction of sp³-hybridized carbons (Fsp3) is 0.929. The number of aliphatic hydroxyl groups excluding tert-OH is 1. The van der Waals surface area contributed by atoms with Crippen molar-refractivity contribution in [3.8, 4) is 0 Å². The highest BCUT2D eigenvalue weighted by Gasteiger charge is 2.31. The molecule has 5 heteroatoms. The van der Waals surface area contributed by atoms with Crippen LogP contribution in [0.15, 0.2) is 0 Å². The summed E-state index contributed by atoms with van der Waals surface area (Å²) in [7, 11) is 0. The number of ether oxygens (including phenoxy) is 1. The minimum Gasteiger partial charge on any atom is -0.444 e. The molecule has 2 unspecified atom stereocenters. The van der Waals surface area contributed by atoms with Crippen molar-refractivity contribution in [3.05, 3.63) is 0 Å². The molecule has 0 radical (unpaired) electrons. The van der Waals surface area contributed by atoms with Gasteiger partial charge < -0.3 is 20.1 Å². The van der Waals surface area contributed by atoms with Crippen molar-refractivity contribution < 1.29 is 14.6 Å². The molecular formula is C14H28N2O3. The number of likely N-dealkylation sites (tertiary alicyclic amines) is 1. The van der Waals surface area contributed by atoms with Gasteiger partial charge in [-0.05, 0) is 53.5 Å². The largest absolute Gasteiger partial charge is 0.444 e. The average Bonchev–Trinajstić information content (AvgIpc) is 2.69. The SMILES string of the molecule is CC(O)CCNCC1CCCN1C(=O)OC(C)(C)C. The second-order valence-corrected chi connectivity index (χ2v) is 6.31. The van der Waals surface area contributed by atoms with Gasteiger partial charge in [-0.1, -0.05) is 0 Å². The number of aliphatic hydroxyl groups is 1. The van der Waals surface area contributed by atoms with Crippen molar-refractivity contribution in [2.45, 2.75) is 64.7 Å². The number of rotatable bonds is 5. The standard InChI is InChI=1S/C14H28N2O3/c1-11(17)7-8-15-10-12-6-5-9-16(12)13(18)19-14(2,3)4/h11-12,15,17H,5-10H2,1-4H3. The Bertz CT molecular complexity index is 287. The molecule has 1 saturated heterocycles. The van der Waals surface area contributed by atoms with Gasteiger partial charge in [0.15, 0.2) is 0 Å². The van der Waals surface area contributed by atoms with Gasteiger partial charge in [-0.15, -0.1) is 0 Å². The van der Waals surface area contributed by atoms with Crippen molar-refractivity contribution in [1.29, 1.82) is 0 Å². The van der Waals surface area contributed by atoms with E-state index in [-0.39, 0.29) is 18.2 Å². The van der Waals surface area contributed by atoms with E-state index in [4.69, 9.17) is 4.74 Å². The summed E-state index contributed by atoms with van der Waals surface area (Å²) in [6.45, 7) is 9.76. The average molecular weight is 272 g/mol. The number of carbonyl (C=O) groups is 1. The van der Waals surface area contributed by atoms with E-state index in [2.05, 4.69) is 5.32 Å². The first-order chi connectivity index (χ1) is 8.79. The van der Waals surface area contributed by atoms with Crippen LogP contribution in [0.5, 0.6) is 0 Å². The molecule has 1 aliphatic rings. The maximum absolute atomic E-state index is 12.0. The Morgan fingerprint density at radius 2 is 2.21 bits per heavy atom. The lowest BCUT2D eigenvalue weighted by Gasteiger charge is -2.28. The van der Waals surface area contributed by atoms with E-state index in [1.54, 1.807) is 6.92 Å². The number of hydrogen-bond acceptors (Lipinski definition) is 4. The highest BCUT2D eigenvalue weighted by Crippen LogP contribution is 2.20. The minimum absolute atomic E-state index is 0.212. The summed E-state index contributed by atoms with van der Waals surface area (Å²) in [5, 5.41) is 12.5. The van der Waals surface area contributed by atoms with Crippen LogP contribution in [0.2, 0.25) is 0 Å². The molecular weight excluding hydrogens is 244 g/mol. The van der Waals surface area contributed by atoms with Gasteiger partial charge in [-0.25, -0.2) is 4.79 Å². The van der Waals surface area contributed by atoms with Crippen molar-refractivity contribution >= 4 is 6.09 Å². The number of nitrogens with zero attached hydrogens (tertiary/aromatic N) is 1. The van der Waals surface area contributed by atoms with E-state index >= 15 is 0 Å². The molecule has 1 heterocycles. The van der Waals surface area contributed by atoms with Crippen LogP contribution in [0, 0.1) is 0 Å². The van der Waals surface area contributed by atoms with Gasteiger partial charge >= 0.3 is 6.09 Å². The smallest absolute Gasteiger partial charge is 0.410 e. The molecule has 1 amide bonds. The summed E-state index contributed by atoms with van der Waals surface area (Å²) in [6.07, 6.45) is 2.28. The molecule has 0 saturated carbocycles. The first-order valence-electron chi connectivity index (χ1n) is 7.18. The number of carbonyl (C=O) groups excluding carboxylic acids is 1. The molecule has 0 aromatic carbocycles. The second kappa shape index (κ2) is 7.10. The van der Waals surface area contributed by atoms with Crippen LogP contribution in [0.25, 0.3) is 0 Å². The highest BCUT2D eigenvalue weighted by molar-refractivity contribution is 5.69. The predicted molar refractivity (Wildman–Crippen MR) is 75.1 cm³/mol. The topological polar surface area (TPSA) is 61.8 Å². The Balaban J connectivity index is 2.35. The van der Waals surface area contributed by atoms with Crippen molar-refractivity contribution in [3.63, 3.8) is 0 Å². The second-order valence-electron chi connectivity index (χ2n) is 6.31.